The molecule has 0 aliphatic carbocycles. The molecule has 2 aromatic carbocycles. The van der Waals surface area contributed by atoms with Crippen LogP contribution in [0.15, 0.2) is 60.7 Å². The Balaban J connectivity index is 2.65. The monoisotopic (exact) mass is 420 g/mol. The number of esters is 1. The Labute approximate surface area is 168 Å². The lowest BCUT2D eigenvalue weighted by Gasteiger charge is -2.39. The first-order valence-corrected chi connectivity index (χ1v) is 14.0. The summed E-state index contributed by atoms with van der Waals surface area (Å²) in [7, 11) is -4.71. The van der Waals surface area contributed by atoms with E-state index in [4.69, 9.17) is 8.92 Å². The van der Waals surface area contributed by atoms with Crippen LogP contribution >= 0.6 is 0 Å². The number of rotatable bonds is 8. The van der Waals surface area contributed by atoms with E-state index in [1.807, 2.05) is 48.5 Å². The van der Waals surface area contributed by atoms with Gasteiger partial charge in [-0.25, -0.2) is 0 Å². The van der Waals surface area contributed by atoms with Gasteiger partial charge in [-0.2, -0.15) is 8.42 Å². The molecular weight excluding hydrogens is 392 g/mol. The van der Waals surface area contributed by atoms with Gasteiger partial charge in [-0.05, 0) is 18.0 Å². The fourth-order valence-corrected chi connectivity index (χ4v) is 8.26. The molecule has 0 aliphatic heterocycles. The van der Waals surface area contributed by atoms with Crippen molar-refractivity contribution in [1.82, 2.24) is 0 Å². The zero-order valence-electron chi connectivity index (χ0n) is 17.0. The molecule has 0 saturated carbocycles. The Bertz CT molecular complexity index is 882. The molecule has 3 atom stereocenters. The van der Waals surface area contributed by atoms with Gasteiger partial charge in [-0.3, -0.25) is 8.98 Å². The van der Waals surface area contributed by atoms with Crippen LogP contribution in [0.4, 0.5) is 0 Å². The highest BCUT2D eigenvalue weighted by Crippen LogP contribution is 2.38. The second kappa shape index (κ2) is 9.02. The molecular formula is C21H28O5SSi. The van der Waals surface area contributed by atoms with Crippen LogP contribution in [-0.4, -0.2) is 41.9 Å². The maximum absolute atomic E-state index is 12.9. The summed E-state index contributed by atoms with van der Waals surface area (Å²) in [5.74, 6) is -1.23. The number of hydrogen-bond acceptors (Lipinski definition) is 5. The smallest absolute Gasteiger partial charge is 0.311 e. The zero-order valence-corrected chi connectivity index (χ0v) is 18.8. The molecule has 0 aliphatic rings. The third kappa shape index (κ3) is 5.30. The van der Waals surface area contributed by atoms with E-state index in [-0.39, 0.29) is 5.54 Å². The maximum atomic E-state index is 12.9. The molecule has 0 aromatic heterocycles. The SMILES string of the molecule is COC(=O)[C@@H]([C@@H](C)OS(C)(=O)=O)[C@H](c1ccccc1)[Si](C)(C)c1ccccc1. The van der Waals surface area contributed by atoms with Crippen molar-refractivity contribution in [3.8, 4) is 0 Å². The van der Waals surface area contributed by atoms with E-state index in [1.54, 1.807) is 6.92 Å². The van der Waals surface area contributed by atoms with E-state index in [9.17, 15) is 13.2 Å². The summed E-state index contributed by atoms with van der Waals surface area (Å²) < 4.78 is 33.9. The molecule has 0 N–H and O–H groups in total. The van der Waals surface area contributed by atoms with Crippen molar-refractivity contribution in [2.45, 2.75) is 31.7 Å². The predicted octanol–water partition coefficient (Wildman–Crippen LogP) is 3.08. The van der Waals surface area contributed by atoms with E-state index >= 15 is 0 Å². The fraction of sp³-hybridized carbons (Fsp3) is 0.381. The van der Waals surface area contributed by atoms with Crippen molar-refractivity contribution in [1.29, 1.82) is 0 Å². The summed E-state index contributed by atoms with van der Waals surface area (Å²) in [5, 5.41) is 1.17. The molecule has 28 heavy (non-hydrogen) atoms. The van der Waals surface area contributed by atoms with Crippen molar-refractivity contribution in [2.24, 2.45) is 5.92 Å². The second-order valence-corrected chi connectivity index (χ2v) is 13.8. The van der Waals surface area contributed by atoms with Crippen LogP contribution < -0.4 is 5.19 Å². The van der Waals surface area contributed by atoms with Crippen LogP contribution in [0.25, 0.3) is 0 Å². The van der Waals surface area contributed by atoms with Gasteiger partial charge in [0.15, 0.2) is 0 Å². The Hall–Kier alpha value is -1.96. The normalized spacial score (nSPS) is 15.5. The number of carbonyl (C=O) groups is 1. The minimum absolute atomic E-state index is 0.236. The average Bonchev–Trinajstić information content (AvgIpc) is 2.65. The fourth-order valence-electron chi connectivity index (χ4n) is 3.85. The minimum Gasteiger partial charge on any atom is -0.469 e. The number of hydrogen-bond donors (Lipinski definition) is 0. The summed E-state index contributed by atoms with van der Waals surface area (Å²) in [5.41, 5.74) is 0.739. The summed E-state index contributed by atoms with van der Waals surface area (Å²) in [6.07, 6.45) is 0.137. The number of carbonyl (C=O) groups excluding carboxylic acids is 1. The van der Waals surface area contributed by atoms with Gasteiger partial charge in [0.2, 0.25) is 0 Å². The van der Waals surface area contributed by atoms with Gasteiger partial charge in [0.05, 0.1) is 33.5 Å². The number of benzene rings is 2. The summed E-state index contributed by atoms with van der Waals surface area (Å²) >= 11 is 0. The Morgan fingerprint density at radius 1 is 0.964 bits per heavy atom. The van der Waals surface area contributed by atoms with E-state index in [2.05, 4.69) is 25.2 Å². The van der Waals surface area contributed by atoms with Crippen molar-refractivity contribution in [3.05, 3.63) is 66.2 Å². The van der Waals surface area contributed by atoms with Gasteiger partial charge in [0.1, 0.15) is 0 Å². The predicted molar refractivity (Wildman–Crippen MR) is 114 cm³/mol. The van der Waals surface area contributed by atoms with Crippen LogP contribution in [0, 0.1) is 5.92 Å². The maximum Gasteiger partial charge on any atom is 0.311 e. The molecule has 0 radical (unpaired) electrons. The number of ether oxygens (including phenoxy) is 1. The quantitative estimate of drug-likeness (QED) is 0.373. The molecule has 0 amide bonds. The summed E-state index contributed by atoms with van der Waals surface area (Å²) in [4.78, 5) is 12.9. The molecule has 0 saturated heterocycles. The number of methoxy groups -OCH3 is 1. The molecule has 0 heterocycles. The van der Waals surface area contributed by atoms with Gasteiger partial charge in [-0.15, -0.1) is 0 Å². The standard InChI is InChI=1S/C21H28O5SSi/c1-16(26-27(3,23)24)19(21(22)25-2)20(17-12-8-6-9-13-17)28(4,5)18-14-10-7-11-15-18/h6-16,19-20H,1-5H3/t16-,19+,20+/m1/s1. The zero-order chi connectivity index (χ0) is 20.9. The first-order chi connectivity index (χ1) is 13.1. The molecule has 0 bridgehead atoms. The van der Waals surface area contributed by atoms with E-state index in [1.165, 1.54) is 12.3 Å². The van der Waals surface area contributed by atoms with Crippen LogP contribution in [0.5, 0.6) is 0 Å². The summed E-state index contributed by atoms with van der Waals surface area (Å²) in [6.45, 7) is 5.99. The lowest BCUT2D eigenvalue weighted by atomic mass is 9.94. The van der Waals surface area contributed by atoms with Crippen LogP contribution in [-0.2, 0) is 23.8 Å². The van der Waals surface area contributed by atoms with Crippen molar-refractivity contribution >= 4 is 29.3 Å². The molecule has 0 spiro atoms. The van der Waals surface area contributed by atoms with Gasteiger partial charge in [-0.1, -0.05) is 78.9 Å². The Kier molecular flexibility index (Phi) is 7.20. The van der Waals surface area contributed by atoms with Gasteiger partial charge >= 0.3 is 5.97 Å². The lowest BCUT2D eigenvalue weighted by molar-refractivity contribution is -0.148. The van der Waals surface area contributed by atoms with Crippen LogP contribution in [0.3, 0.4) is 0 Å². The average molecular weight is 421 g/mol. The third-order valence-electron chi connectivity index (χ3n) is 5.12. The topological polar surface area (TPSA) is 69.7 Å². The van der Waals surface area contributed by atoms with Gasteiger partial charge in [0.25, 0.3) is 10.1 Å². The molecule has 0 unspecified atom stereocenters. The molecule has 5 nitrogen and oxygen atoms in total. The highest BCUT2D eigenvalue weighted by Gasteiger charge is 2.46. The third-order valence-corrected chi connectivity index (χ3v) is 9.84. The lowest BCUT2D eigenvalue weighted by Crippen LogP contribution is -2.54. The second-order valence-electron chi connectivity index (χ2n) is 7.53. The Morgan fingerprint density at radius 3 is 1.93 bits per heavy atom. The van der Waals surface area contributed by atoms with Gasteiger partial charge in [0, 0.05) is 0 Å². The van der Waals surface area contributed by atoms with Crippen LogP contribution in [0.2, 0.25) is 13.1 Å². The highest BCUT2D eigenvalue weighted by molar-refractivity contribution is 7.86. The minimum atomic E-state index is -3.73. The molecule has 0 fully saturated rings. The van der Waals surface area contributed by atoms with Crippen LogP contribution in [0.1, 0.15) is 18.0 Å². The summed E-state index contributed by atoms with van der Waals surface area (Å²) in [6, 6.07) is 19.8. The first kappa shape index (κ1) is 22.3. The Morgan fingerprint density at radius 2 is 1.46 bits per heavy atom. The molecule has 2 aromatic rings. The van der Waals surface area contributed by atoms with E-state index in [0.29, 0.717) is 0 Å². The highest BCUT2D eigenvalue weighted by atomic mass is 32.2. The van der Waals surface area contributed by atoms with E-state index < -0.39 is 36.2 Å². The molecule has 152 valence electrons. The van der Waals surface area contributed by atoms with Gasteiger partial charge < -0.3 is 4.74 Å². The largest absolute Gasteiger partial charge is 0.469 e. The van der Waals surface area contributed by atoms with Crippen molar-refractivity contribution < 1.29 is 22.1 Å². The van der Waals surface area contributed by atoms with E-state index in [0.717, 1.165) is 11.8 Å². The van der Waals surface area contributed by atoms with Crippen molar-refractivity contribution in [2.75, 3.05) is 13.4 Å². The molecule has 2 rings (SSSR count). The molecule has 7 heteroatoms. The van der Waals surface area contributed by atoms with Crippen molar-refractivity contribution in [3.63, 3.8) is 0 Å². The first-order valence-electron chi connectivity index (χ1n) is 9.14.